The van der Waals surface area contributed by atoms with E-state index in [4.69, 9.17) is 5.73 Å². The maximum Gasteiger partial charge on any atom is 0.338 e. The molecule has 16 heavy (non-hydrogen) atoms. The fourth-order valence-corrected chi connectivity index (χ4v) is 1.97. The third-order valence-corrected chi connectivity index (χ3v) is 3.03. The molecule has 4 nitrogen and oxygen atoms in total. The first kappa shape index (κ1) is 10.9. The van der Waals surface area contributed by atoms with Crippen LogP contribution in [-0.4, -0.2) is 22.3 Å². The number of halogens is 1. The van der Waals surface area contributed by atoms with Gasteiger partial charge in [-0.15, -0.1) is 0 Å². The topological polar surface area (TPSA) is 66.6 Å². The number of carbonyl (C=O) groups excluding carboxylic acids is 1. The van der Waals surface area contributed by atoms with Crippen LogP contribution in [-0.2, 0) is 0 Å². The average molecular weight is 224 g/mol. The molecule has 0 bridgehead atoms. The number of hydrogen-bond donors (Lipinski definition) is 2. The molecular formula is C11H13FN2O2. The summed E-state index contributed by atoms with van der Waals surface area (Å²) >= 11 is 0. The van der Waals surface area contributed by atoms with Gasteiger partial charge in [-0.25, -0.2) is 14.2 Å². The van der Waals surface area contributed by atoms with Crippen molar-refractivity contribution in [2.75, 3.05) is 0 Å². The summed E-state index contributed by atoms with van der Waals surface area (Å²) < 4.78 is 12.7. The molecular weight excluding hydrogens is 211 g/mol. The van der Waals surface area contributed by atoms with Gasteiger partial charge >= 0.3 is 6.03 Å². The molecule has 0 aromatic heterocycles. The van der Waals surface area contributed by atoms with E-state index in [0.717, 1.165) is 5.56 Å². The van der Waals surface area contributed by atoms with Gasteiger partial charge in [-0.3, -0.25) is 5.21 Å². The van der Waals surface area contributed by atoms with Crippen LogP contribution in [0.1, 0.15) is 24.3 Å². The zero-order valence-electron chi connectivity index (χ0n) is 8.64. The van der Waals surface area contributed by atoms with E-state index in [9.17, 15) is 14.4 Å². The third-order valence-electron chi connectivity index (χ3n) is 3.03. The van der Waals surface area contributed by atoms with Gasteiger partial charge in [0.25, 0.3) is 0 Å². The molecule has 3 N–H and O–H groups in total. The number of urea groups is 1. The second kappa shape index (κ2) is 4.09. The molecule has 1 aromatic carbocycles. The van der Waals surface area contributed by atoms with E-state index in [0.29, 0.717) is 17.9 Å². The smallest absolute Gasteiger partial charge is 0.338 e. The Balaban J connectivity index is 1.93. The van der Waals surface area contributed by atoms with Crippen molar-refractivity contribution in [1.29, 1.82) is 0 Å². The summed E-state index contributed by atoms with van der Waals surface area (Å²) in [5, 5.41) is 9.82. The van der Waals surface area contributed by atoms with Crippen molar-refractivity contribution in [2.45, 2.75) is 24.8 Å². The van der Waals surface area contributed by atoms with Crippen LogP contribution < -0.4 is 5.73 Å². The van der Waals surface area contributed by atoms with E-state index in [-0.39, 0.29) is 17.8 Å². The van der Waals surface area contributed by atoms with Crippen molar-refractivity contribution in [2.24, 2.45) is 5.73 Å². The minimum atomic E-state index is -0.831. The number of carbonyl (C=O) groups is 1. The number of benzene rings is 1. The zero-order valence-corrected chi connectivity index (χ0v) is 8.64. The average Bonchev–Trinajstić information content (AvgIpc) is 2.18. The molecule has 0 atom stereocenters. The highest BCUT2D eigenvalue weighted by Gasteiger charge is 2.35. The van der Waals surface area contributed by atoms with Crippen molar-refractivity contribution in [3.8, 4) is 0 Å². The number of hydroxylamine groups is 2. The summed E-state index contributed by atoms with van der Waals surface area (Å²) in [6.45, 7) is 0. The van der Waals surface area contributed by atoms with Crippen molar-refractivity contribution >= 4 is 6.03 Å². The maximum atomic E-state index is 12.7. The highest BCUT2D eigenvalue weighted by Crippen LogP contribution is 2.39. The van der Waals surface area contributed by atoms with E-state index in [2.05, 4.69) is 0 Å². The predicted molar refractivity (Wildman–Crippen MR) is 55.4 cm³/mol. The van der Waals surface area contributed by atoms with E-state index in [1.165, 1.54) is 12.1 Å². The molecule has 0 radical (unpaired) electrons. The normalized spacial score (nSPS) is 23.6. The summed E-state index contributed by atoms with van der Waals surface area (Å²) in [4.78, 5) is 10.7. The summed E-state index contributed by atoms with van der Waals surface area (Å²) in [5.41, 5.74) is 5.96. The summed E-state index contributed by atoms with van der Waals surface area (Å²) in [7, 11) is 0. The molecule has 1 aromatic rings. The molecule has 0 aliphatic heterocycles. The van der Waals surface area contributed by atoms with Crippen molar-refractivity contribution in [3.05, 3.63) is 35.6 Å². The lowest BCUT2D eigenvalue weighted by molar-refractivity contribution is -0.102. The van der Waals surface area contributed by atoms with Crippen LogP contribution in [0.5, 0.6) is 0 Å². The first-order valence-corrected chi connectivity index (χ1v) is 5.11. The van der Waals surface area contributed by atoms with Gasteiger partial charge in [0.2, 0.25) is 0 Å². The summed E-state index contributed by atoms with van der Waals surface area (Å²) in [5.74, 6) is 0.000133. The van der Waals surface area contributed by atoms with Gasteiger partial charge in [-0.05, 0) is 36.5 Å². The molecule has 0 saturated heterocycles. The fraction of sp³-hybridized carbons (Fsp3) is 0.364. The number of nitrogens with zero attached hydrogens (tertiary/aromatic N) is 1. The van der Waals surface area contributed by atoms with Gasteiger partial charge in [-0.2, -0.15) is 0 Å². The lowest BCUT2D eigenvalue weighted by atomic mass is 9.76. The fourth-order valence-electron chi connectivity index (χ4n) is 1.97. The van der Waals surface area contributed by atoms with Gasteiger partial charge in [0.15, 0.2) is 0 Å². The Morgan fingerprint density at radius 3 is 2.44 bits per heavy atom. The number of hydrogen-bond acceptors (Lipinski definition) is 2. The summed E-state index contributed by atoms with van der Waals surface area (Å²) in [6, 6.07) is 5.22. The second-order valence-electron chi connectivity index (χ2n) is 4.06. The minimum Gasteiger partial charge on any atom is -0.350 e. The molecule has 1 aliphatic rings. The highest BCUT2D eigenvalue weighted by atomic mass is 19.1. The third kappa shape index (κ3) is 1.99. The Morgan fingerprint density at radius 2 is 1.94 bits per heavy atom. The van der Waals surface area contributed by atoms with Crippen LogP contribution in [0, 0.1) is 5.82 Å². The van der Waals surface area contributed by atoms with E-state index < -0.39 is 6.03 Å². The van der Waals surface area contributed by atoms with Crippen LogP contribution in [0.4, 0.5) is 9.18 Å². The lowest BCUT2D eigenvalue weighted by Gasteiger charge is -2.39. The number of nitrogens with two attached hydrogens (primary N) is 1. The summed E-state index contributed by atoms with van der Waals surface area (Å²) in [6.07, 6.45) is 1.32. The highest BCUT2D eigenvalue weighted by molar-refractivity contribution is 5.71. The van der Waals surface area contributed by atoms with E-state index in [1.54, 1.807) is 12.1 Å². The standard InChI is InChI=1S/C11H13FN2O2/c12-9-3-1-7(2-4-9)8-5-10(6-8)14(16)11(13)15/h1-4,8,10,16H,5-6H2,(H2,13,15). The Bertz CT molecular complexity index is 387. The maximum absolute atomic E-state index is 12.7. The van der Waals surface area contributed by atoms with Gasteiger partial charge < -0.3 is 5.73 Å². The number of primary amides is 1. The van der Waals surface area contributed by atoms with Crippen molar-refractivity contribution in [3.63, 3.8) is 0 Å². The number of amides is 2. The van der Waals surface area contributed by atoms with Gasteiger partial charge in [0.05, 0.1) is 6.04 Å². The predicted octanol–water partition coefficient (Wildman–Crippen LogP) is 1.84. The molecule has 0 unspecified atom stereocenters. The molecule has 1 saturated carbocycles. The van der Waals surface area contributed by atoms with Crippen LogP contribution in [0.15, 0.2) is 24.3 Å². The SMILES string of the molecule is NC(=O)N(O)C1CC(c2ccc(F)cc2)C1. The quantitative estimate of drug-likeness (QED) is 0.594. The molecule has 2 rings (SSSR count). The first-order valence-electron chi connectivity index (χ1n) is 5.11. The Kier molecular flexibility index (Phi) is 2.78. The number of rotatable bonds is 2. The molecule has 5 heteroatoms. The van der Waals surface area contributed by atoms with Crippen LogP contribution >= 0.6 is 0 Å². The lowest BCUT2D eigenvalue weighted by Crippen LogP contribution is -2.47. The second-order valence-corrected chi connectivity index (χ2v) is 4.06. The largest absolute Gasteiger partial charge is 0.350 e. The van der Waals surface area contributed by atoms with Gasteiger partial charge in [0.1, 0.15) is 5.82 Å². The van der Waals surface area contributed by atoms with E-state index >= 15 is 0 Å². The molecule has 1 aliphatic carbocycles. The molecule has 1 fully saturated rings. The zero-order chi connectivity index (χ0) is 11.7. The van der Waals surface area contributed by atoms with Crippen LogP contribution in [0.25, 0.3) is 0 Å². The molecule has 86 valence electrons. The Labute approximate surface area is 92.4 Å². The first-order chi connectivity index (χ1) is 7.58. The van der Waals surface area contributed by atoms with Crippen LogP contribution in [0.2, 0.25) is 0 Å². The molecule has 0 heterocycles. The molecule has 2 amide bonds. The van der Waals surface area contributed by atoms with Gasteiger partial charge in [0, 0.05) is 0 Å². The van der Waals surface area contributed by atoms with Crippen molar-refractivity contribution in [1.82, 2.24) is 5.06 Å². The Hall–Kier alpha value is -1.62. The Morgan fingerprint density at radius 1 is 1.38 bits per heavy atom. The van der Waals surface area contributed by atoms with E-state index in [1.807, 2.05) is 0 Å². The van der Waals surface area contributed by atoms with Crippen LogP contribution in [0.3, 0.4) is 0 Å². The molecule has 0 spiro atoms. The minimum absolute atomic E-state index is 0.215. The van der Waals surface area contributed by atoms with Gasteiger partial charge in [-0.1, -0.05) is 12.1 Å². The van der Waals surface area contributed by atoms with Crippen molar-refractivity contribution < 1.29 is 14.4 Å². The monoisotopic (exact) mass is 224 g/mol.